The first-order valence-electron chi connectivity index (χ1n) is 9.07. The summed E-state index contributed by atoms with van der Waals surface area (Å²) in [5, 5.41) is 1.26. The molecule has 0 radical (unpaired) electrons. The van der Waals surface area contributed by atoms with Crippen molar-refractivity contribution < 1.29 is 0 Å². The van der Waals surface area contributed by atoms with Crippen LogP contribution in [0.3, 0.4) is 0 Å². The van der Waals surface area contributed by atoms with Gasteiger partial charge < -0.3 is 4.90 Å². The van der Waals surface area contributed by atoms with Gasteiger partial charge in [0.15, 0.2) is 5.17 Å². The Balaban J connectivity index is 1.92. The van der Waals surface area contributed by atoms with E-state index in [1.165, 1.54) is 54.2 Å². The highest BCUT2D eigenvalue weighted by atomic mass is 32.2. The van der Waals surface area contributed by atoms with Crippen molar-refractivity contribution >= 4 is 22.6 Å². The summed E-state index contributed by atoms with van der Waals surface area (Å²) in [7, 11) is 0. The number of benzene rings is 1. The van der Waals surface area contributed by atoms with Gasteiger partial charge in [0.2, 0.25) is 0 Å². The van der Waals surface area contributed by atoms with Crippen molar-refractivity contribution in [3.63, 3.8) is 0 Å². The summed E-state index contributed by atoms with van der Waals surface area (Å²) >= 11 is 1.98. The first-order chi connectivity index (χ1) is 11.0. The summed E-state index contributed by atoms with van der Waals surface area (Å²) in [5.74, 6) is 1.90. The molecule has 1 heterocycles. The molecule has 1 aromatic rings. The predicted molar refractivity (Wildman–Crippen MR) is 103 cm³/mol. The Morgan fingerprint density at radius 2 is 1.91 bits per heavy atom. The van der Waals surface area contributed by atoms with Gasteiger partial charge in [-0.15, -0.1) is 0 Å². The van der Waals surface area contributed by atoms with Gasteiger partial charge in [0.1, 0.15) is 0 Å². The van der Waals surface area contributed by atoms with Gasteiger partial charge in [-0.2, -0.15) is 0 Å². The molecule has 126 valence electrons. The van der Waals surface area contributed by atoms with Crippen molar-refractivity contribution in [1.29, 1.82) is 0 Å². The normalized spacial score (nSPS) is 22.5. The van der Waals surface area contributed by atoms with Gasteiger partial charge >= 0.3 is 0 Å². The third kappa shape index (κ3) is 3.60. The molecule has 1 spiro atoms. The highest BCUT2D eigenvalue weighted by Gasteiger charge is 2.45. The molecule has 1 aliphatic heterocycles. The molecule has 1 aliphatic carbocycles. The second-order valence-electron chi connectivity index (χ2n) is 7.76. The van der Waals surface area contributed by atoms with Crippen LogP contribution in [0.15, 0.2) is 23.2 Å². The van der Waals surface area contributed by atoms with Crippen molar-refractivity contribution in [3.05, 3.63) is 29.3 Å². The minimum atomic E-state index is 0.380. The monoisotopic (exact) mass is 330 g/mol. The van der Waals surface area contributed by atoms with Crippen LogP contribution in [-0.4, -0.2) is 27.9 Å². The fourth-order valence-corrected chi connectivity index (χ4v) is 5.37. The average Bonchev–Trinajstić information content (AvgIpc) is 2.81. The number of nitrogens with zero attached hydrogens (tertiary/aromatic N) is 2. The van der Waals surface area contributed by atoms with E-state index in [4.69, 9.17) is 4.99 Å². The Morgan fingerprint density at radius 1 is 1.17 bits per heavy atom. The quantitative estimate of drug-likeness (QED) is 0.706. The van der Waals surface area contributed by atoms with Gasteiger partial charge in [-0.25, -0.2) is 4.99 Å². The molecule has 0 atom stereocenters. The van der Waals surface area contributed by atoms with Crippen molar-refractivity contribution in [1.82, 2.24) is 4.90 Å². The predicted octanol–water partition coefficient (Wildman–Crippen LogP) is 5.70. The largest absolute Gasteiger partial charge is 0.344 e. The van der Waals surface area contributed by atoms with E-state index in [1.54, 1.807) is 0 Å². The first-order valence-corrected chi connectivity index (χ1v) is 10.1. The molecular formula is C20H30N2S. The highest BCUT2D eigenvalue weighted by molar-refractivity contribution is 8.14. The maximum Gasteiger partial charge on any atom is 0.164 e. The molecule has 1 aromatic carbocycles. The SMILES string of the molecule is Cc1ccc(N=C2SCC3(CCCCC3)N2CC(C)C)c(C)c1. The molecular weight excluding hydrogens is 300 g/mol. The summed E-state index contributed by atoms with van der Waals surface area (Å²) in [5.41, 5.74) is 4.12. The molecule has 2 nitrogen and oxygen atoms in total. The summed E-state index contributed by atoms with van der Waals surface area (Å²) in [6.45, 7) is 10.1. The molecule has 1 saturated heterocycles. The van der Waals surface area contributed by atoms with Gasteiger partial charge in [0.05, 0.1) is 11.2 Å². The van der Waals surface area contributed by atoms with Gasteiger partial charge in [0, 0.05) is 12.3 Å². The Morgan fingerprint density at radius 3 is 2.57 bits per heavy atom. The second-order valence-corrected chi connectivity index (χ2v) is 8.70. The first kappa shape index (κ1) is 16.9. The minimum absolute atomic E-state index is 0.380. The van der Waals surface area contributed by atoms with Crippen LogP contribution in [0.2, 0.25) is 0 Å². The lowest BCUT2D eigenvalue weighted by molar-refractivity contribution is 0.139. The zero-order valence-corrected chi connectivity index (χ0v) is 15.9. The fourth-order valence-electron chi connectivity index (χ4n) is 3.95. The van der Waals surface area contributed by atoms with Gasteiger partial charge in [0.25, 0.3) is 0 Å². The Kier molecular flexibility index (Phi) is 5.05. The van der Waals surface area contributed by atoms with E-state index in [2.05, 4.69) is 50.8 Å². The highest BCUT2D eigenvalue weighted by Crippen LogP contribution is 2.44. The van der Waals surface area contributed by atoms with Crippen LogP contribution in [0.1, 0.15) is 57.1 Å². The Labute approximate surface area is 145 Å². The smallest absolute Gasteiger partial charge is 0.164 e. The molecule has 2 aliphatic rings. The molecule has 3 rings (SSSR count). The van der Waals surface area contributed by atoms with E-state index in [0.29, 0.717) is 11.5 Å². The van der Waals surface area contributed by atoms with Crippen LogP contribution in [0, 0.1) is 19.8 Å². The van der Waals surface area contributed by atoms with Crippen molar-refractivity contribution in [2.45, 2.75) is 65.3 Å². The molecule has 0 bridgehead atoms. The van der Waals surface area contributed by atoms with E-state index < -0.39 is 0 Å². The van der Waals surface area contributed by atoms with Crippen molar-refractivity contribution in [2.24, 2.45) is 10.9 Å². The van der Waals surface area contributed by atoms with Crippen LogP contribution < -0.4 is 0 Å². The molecule has 0 unspecified atom stereocenters. The third-order valence-corrected chi connectivity index (χ3v) is 6.43. The second kappa shape index (κ2) is 6.88. The van der Waals surface area contributed by atoms with Gasteiger partial charge in [-0.3, -0.25) is 0 Å². The lowest BCUT2D eigenvalue weighted by Gasteiger charge is -2.42. The van der Waals surface area contributed by atoms with E-state index in [9.17, 15) is 0 Å². The summed E-state index contributed by atoms with van der Waals surface area (Å²) in [4.78, 5) is 7.76. The Hall–Kier alpha value is -0.960. The van der Waals surface area contributed by atoms with E-state index >= 15 is 0 Å². The summed E-state index contributed by atoms with van der Waals surface area (Å²) < 4.78 is 0. The lowest BCUT2D eigenvalue weighted by atomic mass is 9.81. The van der Waals surface area contributed by atoms with Crippen LogP contribution >= 0.6 is 11.8 Å². The van der Waals surface area contributed by atoms with Gasteiger partial charge in [-0.05, 0) is 44.2 Å². The van der Waals surface area contributed by atoms with Crippen LogP contribution in [-0.2, 0) is 0 Å². The summed E-state index contributed by atoms with van der Waals surface area (Å²) in [6, 6.07) is 6.59. The molecule has 1 saturated carbocycles. The number of rotatable bonds is 3. The number of thioether (sulfide) groups is 1. The topological polar surface area (TPSA) is 15.6 Å². The van der Waals surface area contributed by atoms with Crippen molar-refractivity contribution in [3.8, 4) is 0 Å². The number of hydrogen-bond acceptors (Lipinski definition) is 2. The lowest BCUT2D eigenvalue weighted by Crippen LogP contribution is -2.50. The third-order valence-electron chi connectivity index (χ3n) is 5.17. The maximum atomic E-state index is 5.09. The standard InChI is InChI=1S/C20H30N2S/c1-15(2)13-22-19(21-18-9-8-16(3)12-17(18)4)23-14-20(22)10-6-5-7-11-20/h8-9,12,15H,5-7,10-11,13-14H2,1-4H3. The molecule has 2 fully saturated rings. The number of aryl methyl sites for hydroxylation is 2. The molecule has 0 amide bonds. The Bertz CT molecular complexity index is 585. The molecule has 0 aromatic heterocycles. The average molecular weight is 331 g/mol. The number of amidine groups is 1. The fraction of sp³-hybridized carbons (Fsp3) is 0.650. The number of aliphatic imine (C=N–C) groups is 1. The van der Waals surface area contributed by atoms with Gasteiger partial charge in [-0.1, -0.05) is 62.6 Å². The number of hydrogen-bond donors (Lipinski definition) is 0. The molecule has 0 N–H and O–H groups in total. The van der Waals surface area contributed by atoms with Crippen LogP contribution in [0.5, 0.6) is 0 Å². The van der Waals surface area contributed by atoms with Crippen LogP contribution in [0.4, 0.5) is 5.69 Å². The summed E-state index contributed by atoms with van der Waals surface area (Å²) in [6.07, 6.45) is 6.86. The van der Waals surface area contributed by atoms with Crippen LogP contribution in [0.25, 0.3) is 0 Å². The molecule has 23 heavy (non-hydrogen) atoms. The van der Waals surface area contributed by atoms with E-state index in [-0.39, 0.29) is 0 Å². The zero-order chi connectivity index (χ0) is 16.4. The minimum Gasteiger partial charge on any atom is -0.344 e. The maximum absolute atomic E-state index is 5.09. The zero-order valence-electron chi connectivity index (χ0n) is 15.1. The van der Waals surface area contributed by atoms with Crippen molar-refractivity contribution in [2.75, 3.05) is 12.3 Å². The van der Waals surface area contributed by atoms with E-state index in [0.717, 1.165) is 12.2 Å². The van der Waals surface area contributed by atoms with E-state index in [1.807, 2.05) is 11.8 Å². The molecule has 3 heteroatoms.